The molecule has 0 bridgehead atoms. The van der Waals surface area contributed by atoms with Crippen molar-refractivity contribution < 1.29 is 0 Å². The summed E-state index contributed by atoms with van der Waals surface area (Å²) in [7, 11) is 0. The van der Waals surface area contributed by atoms with Crippen LogP contribution in [-0.2, 0) is 13.1 Å². The van der Waals surface area contributed by atoms with E-state index in [1.54, 1.807) is 0 Å². The zero-order valence-corrected chi connectivity index (χ0v) is 11.4. The molecule has 1 aromatic heterocycles. The van der Waals surface area contributed by atoms with Crippen LogP contribution in [-0.4, -0.2) is 10.6 Å². The molecule has 0 saturated heterocycles. The molecule has 0 aromatic carbocycles. The van der Waals surface area contributed by atoms with Gasteiger partial charge >= 0.3 is 0 Å². The van der Waals surface area contributed by atoms with E-state index in [2.05, 4.69) is 49.1 Å². The average molecular weight is 234 g/mol. The molecule has 2 heteroatoms. The molecule has 17 heavy (non-hydrogen) atoms. The molecule has 1 heterocycles. The lowest BCUT2D eigenvalue weighted by Gasteiger charge is -2.32. The maximum atomic E-state index is 3.72. The van der Waals surface area contributed by atoms with Crippen molar-refractivity contribution in [3.8, 4) is 0 Å². The van der Waals surface area contributed by atoms with Gasteiger partial charge in [-0.2, -0.15) is 0 Å². The molecule has 2 atom stereocenters. The van der Waals surface area contributed by atoms with Gasteiger partial charge in [0.25, 0.3) is 0 Å². The molecule has 1 aliphatic rings. The first-order valence-electron chi connectivity index (χ1n) is 7.05. The summed E-state index contributed by atoms with van der Waals surface area (Å²) in [6.45, 7) is 9.05. The minimum atomic E-state index is 0.721. The minimum absolute atomic E-state index is 0.721. The maximum Gasteiger partial charge on any atom is 0.0223 e. The fourth-order valence-electron chi connectivity index (χ4n) is 3.17. The maximum absolute atomic E-state index is 3.72. The molecule has 1 aliphatic carbocycles. The number of hydrogen-bond donors (Lipinski definition) is 1. The van der Waals surface area contributed by atoms with Crippen LogP contribution in [0.15, 0.2) is 18.5 Å². The van der Waals surface area contributed by atoms with Crippen LogP contribution in [0.3, 0.4) is 0 Å². The first kappa shape index (κ1) is 12.7. The van der Waals surface area contributed by atoms with E-state index in [-0.39, 0.29) is 0 Å². The molecular formula is C15H26N2. The summed E-state index contributed by atoms with van der Waals surface area (Å²) in [4.78, 5) is 0. The summed E-state index contributed by atoms with van der Waals surface area (Å²) in [6.07, 6.45) is 8.52. The molecule has 0 amide bonds. The average Bonchev–Trinajstić information content (AvgIpc) is 2.73. The minimum Gasteiger partial charge on any atom is -0.354 e. The Balaban J connectivity index is 1.81. The molecule has 96 valence electrons. The Labute approximate surface area is 105 Å². The Hall–Kier alpha value is -0.760. The van der Waals surface area contributed by atoms with Crippen molar-refractivity contribution in [2.24, 2.45) is 11.8 Å². The molecule has 0 spiro atoms. The zero-order valence-electron chi connectivity index (χ0n) is 11.4. The van der Waals surface area contributed by atoms with Gasteiger partial charge in [-0.25, -0.2) is 0 Å². The Morgan fingerprint density at radius 3 is 2.53 bits per heavy atom. The van der Waals surface area contributed by atoms with Crippen molar-refractivity contribution in [1.29, 1.82) is 0 Å². The van der Waals surface area contributed by atoms with Gasteiger partial charge in [-0.05, 0) is 49.7 Å². The van der Waals surface area contributed by atoms with Gasteiger partial charge in [0.15, 0.2) is 0 Å². The third kappa shape index (κ3) is 3.60. The van der Waals surface area contributed by atoms with Gasteiger partial charge in [-0.3, -0.25) is 0 Å². The van der Waals surface area contributed by atoms with Crippen LogP contribution in [0.4, 0.5) is 0 Å². The van der Waals surface area contributed by atoms with Crippen LogP contribution in [0.25, 0.3) is 0 Å². The van der Waals surface area contributed by atoms with Crippen LogP contribution in [0.5, 0.6) is 0 Å². The number of nitrogens with one attached hydrogen (secondary N) is 1. The van der Waals surface area contributed by atoms with Crippen molar-refractivity contribution >= 4 is 0 Å². The largest absolute Gasteiger partial charge is 0.354 e. The van der Waals surface area contributed by atoms with Crippen LogP contribution in [0, 0.1) is 11.8 Å². The van der Waals surface area contributed by atoms with Crippen LogP contribution >= 0.6 is 0 Å². The SMILES string of the molecule is CCn1ccc(CNC2CC(C)CC(C)C2)c1. The summed E-state index contributed by atoms with van der Waals surface area (Å²) in [5.74, 6) is 1.77. The quantitative estimate of drug-likeness (QED) is 0.844. The van der Waals surface area contributed by atoms with E-state index < -0.39 is 0 Å². The smallest absolute Gasteiger partial charge is 0.0223 e. The van der Waals surface area contributed by atoms with E-state index in [1.165, 1.54) is 24.8 Å². The van der Waals surface area contributed by atoms with E-state index in [9.17, 15) is 0 Å². The summed E-state index contributed by atoms with van der Waals surface area (Å²) in [5.41, 5.74) is 1.41. The highest BCUT2D eigenvalue weighted by Crippen LogP contribution is 2.28. The van der Waals surface area contributed by atoms with E-state index >= 15 is 0 Å². The molecule has 1 fully saturated rings. The third-order valence-corrected chi connectivity index (χ3v) is 3.95. The zero-order chi connectivity index (χ0) is 12.3. The molecule has 0 aliphatic heterocycles. The van der Waals surface area contributed by atoms with Crippen molar-refractivity contribution in [3.05, 3.63) is 24.0 Å². The van der Waals surface area contributed by atoms with Gasteiger partial charge in [0.05, 0.1) is 0 Å². The number of nitrogens with zero attached hydrogens (tertiary/aromatic N) is 1. The Morgan fingerprint density at radius 2 is 1.94 bits per heavy atom. The van der Waals surface area contributed by atoms with Gasteiger partial charge in [-0.1, -0.05) is 13.8 Å². The van der Waals surface area contributed by atoms with E-state index in [4.69, 9.17) is 0 Å². The molecule has 2 nitrogen and oxygen atoms in total. The van der Waals surface area contributed by atoms with Gasteiger partial charge in [0.1, 0.15) is 0 Å². The second-order valence-corrected chi connectivity index (χ2v) is 5.85. The van der Waals surface area contributed by atoms with Crippen LogP contribution < -0.4 is 5.32 Å². The van der Waals surface area contributed by atoms with Crippen molar-refractivity contribution in [1.82, 2.24) is 9.88 Å². The Kier molecular flexibility index (Phi) is 4.27. The summed E-state index contributed by atoms with van der Waals surface area (Å²) >= 11 is 0. The fourth-order valence-corrected chi connectivity index (χ4v) is 3.17. The molecule has 1 aromatic rings. The predicted molar refractivity (Wildman–Crippen MR) is 72.9 cm³/mol. The van der Waals surface area contributed by atoms with Crippen molar-refractivity contribution in [3.63, 3.8) is 0 Å². The highest BCUT2D eigenvalue weighted by atomic mass is 14.9. The molecule has 2 unspecified atom stereocenters. The van der Waals surface area contributed by atoms with E-state index in [0.29, 0.717) is 0 Å². The molecule has 2 rings (SSSR count). The second-order valence-electron chi connectivity index (χ2n) is 5.85. The fraction of sp³-hybridized carbons (Fsp3) is 0.733. The monoisotopic (exact) mass is 234 g/mol. The molecular weight excluding hydrogens is 208 g/mol. The van der Waals surface area contributed by atoms with Crippen molar-refractivity contribution in [2.45, 2.75) is 59.2 Å². The first-order chi connectivity index (χ1) is 8.17. The summed E-state index contributed by atoms with van der Waals surface area (Å²) in [6, 6.07) is 2.95. The molecule has 0 radical (unpaired) electrons. The third-order valence-electron chi connectivity index (χ3n) is 3.95. The lowest BCUT2D eigenvalue weighted by molar-refractivity contribution is 0.238. The van der Waals surface area contributed by atoms with Crippen LogP contribution in [0.1, 0.15) is 45.6 Å². The number of aromatic nitrogens is 1. The van der Waals surface area contributed by atoms with Gasteiger partial charge in [0.2, 0.25) is 0 Å². The lowest BCUT2D eigenvalue weighted by atomic mass is 9.80. The van der Waals surface area contributed by atoms with Crippen molar-refractivity contribution in [2.75, 3.05) is 0 Å². The topological polar surface area (TPSA) is 17.0 Å². The van der Waals surface area contributed by atoms with Gasteiger partial charge < -0.3 is 9.88 Å². The molecule has 1 saturated carbocycles. The number of hydrogen-bond acceptors (Lipinski definition) is 1. The van der Waals surface area contributed by atoms with Gasteiger partial charge in [-0.15, -0.1) is 0 Å². The molecule has 1 N–H and O–H groups in total. The summed E-state index contributed by atoms with van der Waals surface area (Å²) < 4.78 is 2.24. The van der Waals surface area contributed by atoms with E-state index in [0.717, 1.165) is 31.0 Å². The van der Waals surface area contributed by atoms with Gasteiger partial charge in [0, 0.05) is 31.5 Å². The van der Waals surface area contributed by atoms with E-state index in [1.807, 2.05) is 0 Å². The first-order valence-corrected chi connectivity index (χ1v) is 7.05. The Morgan fingerprint density at radius 1 is 1.24 bits per heavy atom. The predicted octanol–water partition coefficient (Wildman–Crippen LogP) is 3.42. The summed E-state index contributed by atoms with van der Waals surface area (Å²) in [5, 5.41) is 3.72. The normalized spacial score (nSPS) is 29.5. The number of rotatable bonds is 4. The van der Waals surface area contributed by atoms with Crippen LogP contribution in [0.2, 0.25) is 0 Å². The lowest BCUT2D eigenvalue weighted by Crippen LogP contribution is -2.35. The standard InChI is InChI=1S/C15H26N2/c1-4-17-6-5-14(11-17)10-16-15-8-12(2)7-13(3)9-15/h5-6,11-13,15-16H,4,7-10H2,1-3H3. The second kappa shape index (κ2) is 5.72. The highest BCUT2D eigenvalue weighted by molar-refractivity contribution is 5.10. The Bertz CT molecular complexity index is 332. The number of aryl methyl sites for hydroxylation is 1. The highest BCUT2D eigenvalue weighted by Gasteiger charge is 2.23.